The van der Waals surface area contributed by atoms with Crippen molar-refractivity contribution in [3.8, 4) is 5.75 Å². The van der Waals surface area contributed by atoms with Crippen molar-refractivity contribution in [2.75, 3.05) is 7.11 Å². The molecule has 1 heterocycles. The Morgan fingerprint density at radius 1 is 1.20 bits per heavy atom. The third kappa shape index (κ3) is 1.44. The molecular weight excluding hydrogens is 194 g/mol. The molecule has 15 heavy (non-hydrogen) atoms. The zero-order valence-corrected chi connectivity index (χ0v) is 8.40. The normalized spacial score (nSPS) is 14.0. The third-order valence-electron chi connectivity index (χ3n) is 2.27. The molecule has 0 amide bonds. The minimum Gasteiger partial charge on any atom is -0.495 e. The number of ether oxygens (including phenoxy) is 1. The van der Waals surface area contributed by atoms with E-state index >= 15 is 0 Å². The summed E-state index contributed by atoms with van der Waals surface area (Å²) >= 11 is 0. The van der Waals surface area contributed by atoms with E-state index in [1.54, 1.807) is 13.0 Å². The number of pyridine rings is 1. The highest BCUT2D eigenvalue weighted by molar-refractivity contribution is 6.21. The Hall–Kier alpha value is -1.97. The number of aryl methyl sites for hydroxylation is 1. The molecular formula is C11H9NO3. The van der Waals surface area contributed by atoms with E-state index < -0.39 is 0 Å². The maximum absolute atomic E-state index is 11.5. The summed E-state index contributed by atoms with van der Waals surface area (Å²) in [6.45, 7) is 1.73. The second kappa shape index (κ2) is 3.31. The van der Waals surface area contributed by atoms with Gasteiger partial charge < -0.3 is 4.74 Å². The molecule has 1 aliphatic carbocycles. The van der Waals surface area contributed by atoms with Crippen LogP contribution in [-0.4, -0.2) is 23.7 Å². The summed E-state index contributed by atoms with van der Waals surface area (Å²) in [5.74, 6) is 0.0657. The lowest BCUT2D eigenvalue weighted by atomic mass is 9.99. The maximum atomic E-state index is 11.5. The summed E-state index contributed by atoms with van der Waals surface area (Å²) in [6, 6.07) is 1.56. The van der Waals surface area contributed by atoms with Crippen LogP contribution in [0.15, 0.2) is 18.2 Å². The molecule has 0 unspecified atom stereocenters. The fourth-order valence-corrected chi connectivity index (χ4v) is 1.49. The molecule has 0 bridgehead atoms. The molecule has 2 rings (SSSR count). The van der Waals surface area contributed by atoms with Gasteiger partial charge in [0.1, 0.15) is 11.4 Å². The van der Waals surface area contributed by atoms with E-state index in [2.05, 4.69) is 4.98 Å². The molecule has 0 saturated heterocycles. The third-order valence-corrected chi connectivity index (χ3v) is 2.27. The van der Waals surface area contributed by atoms with Crippen molar-refractivity contribution < 1.29 is 14.3 Å². The first-order valence-corrected chi connectivity index (χ1v) is 4.46. The number of hydrogen-bond donors (Lipinski definition) is 0. The van der Waals surface area contributed by atoms with Crippen LogP contribution in [0.25, 0.3) is 0 Å². The quantitative estimate of drug-likeness (QED) is 0.691. The molecule has 1 aliphatic rings. The highest BCUT2D eigenvalue weighted by atomic mass is 16.5. The van der Waals surface area contributed by atoms with Crippen molar-refractivity contribution in [1.29, 1.82) is 0 Å². The van der Waals surface area contributed by atoms with Crippen molar-refractivity contribution >= 4 is 11.6 Å². The summed E-state index contributed by atoms with van der Waals surface area (Å²) in [5, 5.41) is 0. The van der Waals surface area contributed by atoms with Crippen LogP contribution in [0.4, 0.5) is 0 Å². The molecule has 1 aromatic heterocycles. The molecule has 0 fully saturated rings. The topological polar surface area (TPSA) is 56.3 Å². The first-order chi connectivity index (χ1) is 7.13. The lowest BCUT2D eigenvalue weighted by Crippen LogP contribution is -2.14. The lowest BCUT2D eigenvalue weighted by Gasteiger charge is -2.11. The number of rotatable bonds is 1. The molecule has 0 N–H and O–H groups in total. The van der Waals surface area contributed by atoms with Gasteiger partial charge >= 0.3 is 0 Å². The highest BCUT2D eigenvalue weighted by Gasteiger charge is 2.22. The van der Waals surface area contributed by atoms with Gasteiger partial charge in [-0.3, -0.25) is 9.59 Å². The molecule has 0 saturated carbocycles. The van der Waals surface area contributed by atoms with Gasteiger partial charge in [0.15, 0.2) is 5.78 Å². The number of nitrogens with zero attached hydrogens (tertiary/aromatic N) is 1. The number of fused-ring (bicyclic) bond motifs is 1. The minimum atomic E-state index is -0.240. The predicted molar refractivity (Wildman–Crippen MR) is 53.3 cm³/mol. The lowest BCUT2D eigenvalue weighted by molar-refractivity contribution is 0.0990. The molecule has 0 aromatic carbocycles. The Balaban J connectivity index is 2.68. The Morgan fingerprint density at radius 2 is 1.87 bits per heavy atom. The maximum Gasteiger partial charge on any atom is 0.205 e. The van der Waals surface area contributed by atoms with E-state index in [0.717, 1.165) is 0 Å². The van der Waals surface area contributed by atoms with Crippen molar-refractivity contribution in [2.45, 2.75) is 6.92 Å². The second-order valence-corrected chi connectivity index (χ2v) is 3.23. The Morgan fingerprint density at radius 3 is 2.53 bits per heavy atom. The van der Waals surface area contributed by atoms with Gasteiger partial charge in [0.25, 0.3) is 0 Å². The fraction of sp³-hybridized carbons (Fsp3) is 0.182. The Kier molecular flexibility index (Phi) is 2.11. The van der Waals surface area contributed by atoms with Crippen LogP contribution in [0.1, 0.15) is 26.5 Å². The minimum absolute atomic E-state index is 0.209. The summed E-state index contributed by atoms with van der Waals surface area (Å²) in [5.41, 5.74) is 1.12. The van der Waals surface area contributed by atoms with Crippen molar-refractivity contribution in [2.24, 2.45) is 0 Å². The summed E-state index contributed by atoms with van der Waals surface area (Å²) < 4.78 is 5.04. The molecule has 76 valence electrons. The molecule has 4 heteroatoms. The summed E-state index contributed by atoms with van der Waals surface area (Å²) in [7, 11) is 1.50. The van der Waals surface area contributed by atoms with Crippen LogP contribution < -0.4 is 4.74 Å². The van der Waals surface area contributed by atoms with Gasteiger partial charge in [-0.1, -0.05) is 0 Å². The average molecular weight is 203 g/mol. The van der Waals surface area contributed by atoms with Crippen molar-refractivity contribution in [1.82, 2.24) is 4.98 Å². The Bertz CT molecular complexity index is 489. The predicted octanol–water partition coefficient (Wildman–Crippen LogP) is 1.33. The first-order valence-electron chi connectivity index (χ1n) is 4.46. The second-order valence-electron chi connectivity index (χ2n) is 3.23. The first kappa shape index (κ1) is 9.58. The number of carbonyl (C=O) groups excluding carboxylic acids is 2. The number of allylic oxidation sites excluding steroid dienone is 2. The number of hydrogen-bond acceptors (Lipinski definition) is 4. The number of ketones is 2. The van der Waals surface area contributed by atoms with Crippen LogP contribution in [0.2, 0.25) is 0 Å². The molecule has 4 nitrogen and oxygen atoms in total. The summed E-state index contributed by atoms with van der Waals surface area (Å²) in [6.07, 6.45) is 2.49. The Labute approximate surface area is 86.6 Å². The smallest absolute Gasteiger partial charge is 0.205 e. The van der Waals surface area contributed by atoms with Gasteiger partial charge in [0.2, 0.25) is 5.78 Å². The number of carbonyl (C=O) groups is 2. The SMILES string of the molecule is COc1cc2c(nc1C)C(=O)C=CC2=O. The molecule has 0 aliphatic heterocycles. The van der Waals surface area contributed by atoms with Gasteiger partial charge in [-0.25, -0.2) is 4.98 Å². The van der Waals surface area contributed by atoms with E-state index in [0.29, 0.717) is 17.0 Å². The molecule has 1 aromatic rings. The molecule has 0 atom stereocenters. The van der Waals surface area contributed by atoms with Crippen molar-refractivity contribution in [3.63, 3.8) is 0 Å². The van der Waals surface area contributed by atoms with E-state index in [1.165, 1.54) is 19.3 Å². The molecule has 0 radical (unpaired) electrons. The van der Waals surface area contributed by atoms with Crippen LogP contribution in [0, 0.1) is 6.92 Å². The van der Waals surface area contributed by atoms with Crippen LogP contribution >= 0.6 is 0 Å². The molecule has 0 spiro atoms. The van der Waals surface area contributed by atoms with Crippen LogP contribution in [0.3, 0.4) is 0 Å². The highest BCUT2D eigenvalue weighted by Crippen LogP contribution is 2.23. The van der Waals surface area contributed by atoms with Gasteiger partial charge in [0, 0.05) is 0 Å². The van der Waals surface area contributed by atoms with Gasteiger partial charge in [-0.05, 0) is 25.1 Å². The van der Waals surface area contributed by atoms with Gasteiger partial charge in [-0.15, -0.1) is 0 Å². The van der Waals surface area contributed by atoms with E-state index in [9.17, 15) is 9.59 Å². The zero-order valence-electron chi connectivity index (χ0n) is 8.40. The van der Waals surface area contributed by atoms with Gasteiger partial charge in [-0.2, -0.15) is 0 Å². The number of methoxy groups -OCH3 is 1. The summed E-state index contributed by atoms with van der Waals surface area (Å²) in [4.78, 5) is 27.0. The zero-order chi connectivity index (χ0) is 11.0. The average Bonchev–Trinajstić information content (AvgIpc) is 2.23. The van der Waals surface area contributed by atoms with E-state index in [1.807, 2.05) is 0 Å². The van der Waals surface area contributed by atoms with Crippen LogP contribution in [-0.2, 0) is 0 Å². The largest absolute Gasteiger partial charge is 0.495 e. The fourth-order valence-electron chi connectivity index (χ4n) is 1.49. The van der Waals surface area contributed by atoms with E-state index in [-0.39, 0.29) is 17.3 Å². The van der Waals surface area contributed by atoms with E-state index in [4.69, 9.17) is 4.74 Å². The standard InChI is InChI=1S/C11H9NO3/c1-6-10(15-2)5-7-8(13)3-4-9(14)11(7)12-6/h3-5H,1-2H3. The van der Waals surface area contributed by atoms with Crippen LogP contribution in [0.5, 0.6) is 5.75 Å². The van der Waals surface area contributed by atoms with Gasteiger partial charge in [0.05, 0.1) is 18.4 Å². The number of aromatic nitrogens is 1. The van der Waals surface area contributed by atoms with Crippen molar-refractivity contribution in [3.05, 3.63) is 35.2 Å². The monoisotopic (exact) mass is 203 g/mol.